The molecule has 0 fully saturated rings. The summed E-state index contributed by atoms with van der Waals surface area (Å²) in [5.41, 5.74) is -0.869. The molecule has 0 saturated carbocycles. The maximum Gasteiger partial charge on any atom is 0.335 e. The molecule has 0 aliphatic heterocycles. The van der Waals surface area contributed by atoms with E-state index in [1.807, 2.05) is 0 Å². The van der Waals surface area contributed by atoms with E-state index >= 15 is 0 Å². The molecule has 1 atom stereocenters. The second-order valence-corrected chi connectivity index (χ2v) is 6.25. The quantitative estimate of drug-likeness (QED) is 0.764. The zero-order valence-corrected chi connectivity index (χ0v) is 12.1. The Balaban J connectivity index is 2.60. The zero-order valence-electron chi connectivity index (χ0n) is 11.3. The van der Waals surface area contributed by atoms with E-state index in [1.165, 1.54) is 22.8 Å². The van der Waals surface area contributed by atoms with Gasteiger partial charge in [-0.2, -0.15) is 0 Å². The minimum atomic E-state index is -1.12. The van der Waals surface area contributed by atoms with Gasteiger partial charge in [-0.15, -0.1) is 0 Å². The van der Waals surface area contributed by atoms with Gasteiger partial charge in [-0.1, -0.05) is 6.92 Å². The van der Waals surface area contributed by atoms with E-state index in [-0.39, 0.29) is 23.4 Å². The molecule has 0 saturated heterocycles. The Kier molecular flexibility index (Phi) is 4.37. The van der Waals surface area contributed by atoms with Crippen molar-refractivity contribution < 1.29 is 14.1 Å². The van der Waals surface area contributed by atoms with E-state index in [0.717, 1.165) is 0 Å². The standard InChI is InChI=1S/C13H14N2O5S/c1-2-21(20)6-5-15-10-4-3-8(13(18)19)7-9(10)14-11(16)12(15)17/h3-4,7H,2,5-6H2,1H3,(H,14,16)(H,18,19). The lowest BCUT2D eigenvalue weighted by molar-refractivity contribution is 0.0697. The first-order valence-electron chi connectivity index (χ1n) is 6.29. The van der Waals surface area contributed by atoms with Crippen LogP contribution in [-0.2, 0) is 17.3 Å². The first kappa shape index (κ1) is 15.2. The number of hydrogen-bond acceptors (Lipinski definition) is 4. The minimum absolute atomic E-state index is 0.0143. The van der Waals surface area contributed by atoms with Crippen molar-refractivity contribution in [3.8, 4) is 0 Å². The minimum Gasteiger partial charge on any atom is -0.478 e. The molecule has 21 heavy (non-hydrogen) atoms. The Labute approximate surface area is 121 Å². The fraction of sp³-hybridized carbons (Fsp3) is 0.308. The van der Waals surface area contributed by atoms with Gasteiger partial charge in [0.2, 0.25) is 0 Å². The summed E-state index contributed by atoms with van der Waals surface area (Å²) in [5, 5.41) is 8.94. The van der Waals surface area contributed by atoms with E-state index in [9.17, 15) is 18.6 Å². The summed E-state index contributed by atoms with van der Waals surface area (Å²) in [5.74, 6) is -0.392. The van der Waals surface area contributed by atoms with Crippen LogP contribution in [0.15, 0.2) is 27.8 Å². The van der Waals surface area contributed by atoms with Crippen LogP contribution < -0.4 is 11.1 Å². The number of benzene rings is 1. The molecule has 0 spiro atoms. The number of rotatable bonds is 5. The van der Waals surface area contributed by atoms with Crippen LogP contribution in [-0.4, -0.2) is 36.3 Å². The molecule has 2 aromatic rings. The lowest BCUT2D eigenvalue weighted by Gasteiger charge is -2.09. The summed E-state index contributed by atoms with van der Waals surface area (Å²) in [6.45, 7) is 1.92. The van der Waals surface area contributed by atoms with Crippen molar-refractivity contribution in [3.05, 3.63) is 44.5 Å². The van der Waals surface area contributed by atoms with Gasteiger partial charge in [-0.3, -0.25) is 13.8 Å². The first-order valence-corrected chi connectivity index (χ1v) is 7.78. The molecule has 2 rings (SSSR count). The molecule has 0 bridgehead atoms. The van der Waals surface area contributed by atoms with Crippen molar-refractivity contribution >= 4 is 27.8 Å². The number of aromatic amines is 1. The lowest BCUT2D eigenvalue weighted by atomic mass is 10.2. The number of nitrogens with one attached hydrogen (secondary N) is 1. The number of carbonyl (C=O) groups is 1. The summed E-state index contributed by atoms with van der Waals surface area (Å²) in [7, 11) is -1.06. The number of carboxylic acid groups (broad SMARTS) is 1. The van der Waals surface area contributed by atoms with Gasteiger partial charge in [-0.25, -0.2) is 4.79 Å². The van der Waals surface area contributed by atoms with Crippen LogP contribution in [0.5, 0.6) is 0 Å². The molecule has 1 aromatic carbocycles. The number of carboxylic acids is 1. The highest BCUT2D eigenvalue weighted by Gasteiger charge is 2.11. The number of aromatic nitrogens is 2. The van der Waals surface area contributed by atoms with Gasteiger partial charge in [-0.05, 0) is 18.2 Å². The third-order valence-electron chi connectivity index (χ3n) is 3.09. The van der Waals surface area contributed by atoms with E-state index in [1.54, 1.807) is 6.92 Å². The van der Waals surface area contributed by atoms with Crippen LogP contribution in [0.25, 0.3) is 11.0 Å². The average Bonchev–Trinajstić information content (AvgIpc) is 2.46. The monoisotopic (exact) mass is 310 g/mol. The zero-order chi connectivity index (χ0) is 15.6. The van der Waals surface area contributed by atoms with Crippen molar-refractivity contribution in [2.75, 3.05) is 11.5 Å². The predicted octanol–water partition coefficient (Wildman–Crippen LogP) is 0.157. The number of hydrogen-bond donors (Lipinski definition) is 2. The molecule has 2 N–H and O–H groups in total. The van der Waals surface area contributed by atoms with Crippen molar-refractivity contribution in [2.24, 2.45) is 0 Å². The summed E-state index contributed by atoms with van der Waals surface area (Å²) >= 11 is 0. The van der Waals surface area contributed by atoms with Crippen molar-refractivity contribution in [1.82, 2.24) is 9.55 Å². The third-order valence-corrected chi connectivity index (χ3v) is 4.37. The third kappa shape index (κ3) is 3.10. The molecule has 1 unspecified atom stereocenters. The fourth-order valence-corrected chi connectivity index (χ4v) is 2.65. The van der Waals surface area contributed by atoms with Gasteiger partial charge >= 0.3 is 17.1 Å². The van der Waals surface area contributed by atoms with Crippen molar-refractivity contribution in [3.63, 3.8) is 0 Å². The van der Waals surface area contributed by atoms with Crippen molar-refractivity contribution in [1.29, 1.82) is 0 Å². The van der Waals surface area contributed by atoms with Crippen LogP contribution in [0.2, 0.25) is 0 Å². The predicted molar refractivity (Wildman–Crippen MR) is 79.3 cm³/mol. The topological polar surface area (TPSA) is 109 Å². The van der Waals surface area contributed by atoms with Crippen LogP contribution in [0.1, 0.15) is 17.3 Å². The van der Waals surface area contributed by atoms with E-state index in [2.05, 4.69) is 4.98 Å². The van der Waals surface area contributed by atoms with Crippen molar-refractivity contribution in [2.45, 2.75) is 13.5 Å². The fourth-order valence-electron chi connectivity index (χ4n) is 1.97. The number of fused-ring (bicyclic) bond motifs is 1. The van der Waals surface area contributed by atoms with Gasteiger partial charge < -0.3 is 14.7 Å². The summed E-state index contributed by atoms with van der Waals surface area (Å²) in [4.78, 5) is 36.8. The molecule has 0 aliphatic carbocycles. The number of H-pyrrole nitrogens is 1. The second kappa shape index (κ2) is 6.04. The molecule has 112 valence electrons. The highest BCUT2D eigenvalue weighted by atomic mass is 32.2. The Morgan fingerprint density at radius 3 is 2.71 bits per heavy atom. The van der Waals surface area contributed by atoms with Crippen LogP contribution in [0.3, 0.4) is 0 Å². The summed E-state index contributed by atoms with van der Waals surface area (Å²) < 4.78 is 12.7. The maximum absolute atomic E-state index is 11.9. The molecule has 0 aliphatic rings. The molecular weight excluding hydrogens is 296 g/mol. The number of nitrogens with zero attached hydrogens (tertiary/aromatic N) is 1. The molecule has 0 amide bonds. The first-order chi connectivity index (χ1) is 9.93. The largest absolute Gasteiger partial charge is 0.478 e. The Morgan fingerprint density at radius 1 is 1.38 bits per heavy atom. The Morgan fingerprint density at radius 2 is 2.10 bits per heavy atom. The molecular formula is C13H14N2O5S. The maximum atomic E-state index is 11.9. The summed E-state index contributed by atoms with van der Waals surface area (Å²) in [6, 6.07) is 4.12. The highest BCUT2D eigenvalue weighted by Crippen LogP contribution is 2.11. The van der Waals surface area contributed by atoms with Gasteiger partial charge in [0.05, 0.1) is 16.6 Å². The molecule has 1 aromatic heterocycles. The Bertz CT molecular complexity index is 837. The number of aryl methyl sites for hydroxylation is 1. The van der Waals surface area contributed by atoms with E-state index in [0.29, 0.717) is 11.3 Å². The van der Waals surface area contributed by atoms with Gasteiger partial charge in [0.15, 0.2) is 0 Å². The van der Waals surface area contributed by atoms with Crippen LogP contribution in [0.4, 0.5) is 0 Å². The molecule has 0 radical (unpaired) electrons. The highest BCUT2D eigenvalue weighted by molar-refractivity contribution is 7.84. The molecule has 7 nitrogen and oxygen atoms in total. The smallest absolute Gasteiger partial charge is 0.335 e. The number of aromatic carboxylic acids is 1. The Hall–Kier alpha value is -2.22. The second-order valence-electron chi connectivity index (χ2n) is 4.38. The summed E-state index contributed by atoms with van der Waals surface area (Å²) in [6.07, 6.45) is 0. The average molecular weight is 310 g/mol. The van der Waals surface area contributed by atoms with Gasteiger partial charge in [0.25, 0.3) is 0 Å². The van der Waals surface area contributed by atoms with Gasteiger partial charge in [0, 0.05) is 28.9 Å². The molecule has 8 heteroatoms. The lowest BCUT2D eigenvalue weighted by Crippen LogP contribution is -2.37. The molecule has 1 heterocycles. The normalized spacial score (nSPS) is 12.4. The van der Waals surface area contributed by atoms with Gasteiger partial charge in [0.1, 0.15) is 0 Å². The van der Waals surface area contributed by atoms with E-state index in [4.69, 9.17) is 5.11 Å². The SMILES string of the molecule is CCS(=O)CCn1c(=O)c(=O)[nH]c2cc(C(=O)O)ccc21. The van der Waals surface area contributed by atoms with Crippen LogP contribution >= 0.6 is 0 Å². The van der Waals surface area contributed by atoms with Crippen LogP contribution in [0, 0.1) is 0 Å². The van der Waals surface area contributed by atoms with E-state index < -0.39 is 27.9 Å².